The number of aromatic nitrogens is 4. The maximum absolute atomic E-state index is 11.6. The van der Waals surface area contributed by atoms with E-state index < -0.39 is 31.1 Å². The fraction of sp³-hybridized carbons (Fsp3) is 0.368. The summed E-state index contributed by atoms with van der Waals surface area (Å²) in [5.74, 6) is 0.474. The van der Waals surface area contributed by atoms with E-state index >= 15 is 0 Å². The van der Waals surface area contributed by atoms with Crippen LogP contribution >= 0.6 is 0 Å². The lowest BCUT2D eigenvalue weighted by Gasteiger charge is -2.16. The number of ether oxygens (including phenoxy) is 1. The Labute approximate surface area is 165 Å². The highest BCUT2D eigenvalue weighted by Gasteiger charge is 2.44. The van der Waals surface area contributed by atoms with Crippen molar-refractivity contribution in [3.8, 4) is 0 Å². The maximum Gasteiger partial charge on any atom is 0.167 e. The number of nitrogens with one attached hydrogen (secondary N) is 1. The van der Waals surface area contributed by atoms with Crippen LogP contribution in [0, 0.1) is 0 Å². The Morgan fingerprint density at radius 1 is 1.24 bits per heavy atom. The molecule has 4 N–H and O–H groups in total. The number of hydrogen-bond donors (Lipinski definition) is 4. The van der Waals surface area contributed by atoms with Crippen molar-refractivity contribution in [2.45, 2.75) is 38.0 Å². The third kappa shape index (κ3) is 3.58. The van der Waals surface area contributed by atoms with E-state index in [0.29, 0.717) is 29.1 Å². The van der Waals surface area contributed by atoms with Gasteiger partial charge in [-0.15, -0.1) is 0 Å². The maximum atomic E-state index is 11.6. The van der Waals surface area contributed by atoms with Crippen LogP contribution in [0.4, 0.5) is 5.82 Å². The van der Waals surface area contributed by atoms with Gasteiger partial charge in [0.2, 0.25) is 0 Å². The fourth-order valence-corrected chi connectivity index (χ4v) is 3.36. The topological polar surface area (TPSA) is 143 Å². The van der Waals surface area contributed by atoms with Gasteiger partial charge < -0.3 is 25.4 Å². The number of hydrogen-bond acceptors (Lipinski definition) is 9. The highest BCUT2D eigenvalue weighted by atomic mass is 16.6. The molecule has 29 heavy (non-hydrogen) atoms. The molecule has 0 aliphatic carbocycles. The van der Waals surface area contributed by atoms with Crippen LogP contribution in [-0.2, 0) is 11.3 Å². The standard InChI is InChI=1S/C19H21N5O5/c1-10(26)12-4-2-3-11(5-12)6-20-17-14-18(22-8-21-17)24(9-23-14)19-16(28)15(27)13(7-25)29-19/h2-5,8-9,13,15-16,19,25,27-28H,6-7H2,1H3,(H,20,21,22)/t13-,15-,16-,19?/m1/s1. The summed E-state index contributed by atoms with van der Waals surface area (Å²) in [6, 6.07) is 7.29. The van der Waals surface area contributed by atoms with Crippen LogP contribution in [0.1, 0.15) is 29.1 Å². The van der Waals surface area contributed by atoms with Gasteiger partial charge in [-0.1, -0.05) is 18.2 Å². The lowest BCUT2D eigenvalue weighted by atomic mass is 10.1. The number of aliphatic hydroxyl groups excluding tert-OH is 3. The van der Waals surface area contributed by atoms with Gasteiger partial charge in [-0.3, -0.25) is 9.36 Å². The molecule has 0 radical (unpaired) electrons. The summed E-state index contributed by atoms with van der Waals surface area (Å²) in [7, 11) is 0. The molecule has 3 aromatic rings. The number of benzene rings is 1. The molecular weight excluding hydrogens is 378 g/mol. The zero-order chi connectivity index (χ0) is 20.5. The first-order chi connectivity index (χ1) is 14.0. The van der Waals surface area contributed by atoms with Gasteiger partial charge >= 0.3 is 0 Å². The highest BCUT2D eigenvalue weighted by molar-refractivity contribution is 5.94. The molecule has 4 rings (SSSR count). The molecule has 1 fully saturated rings. The Balaban J connectivity index is 1.58. The van der Waals surface area contributed by atoms with Crippen molar-refractivity contribution in [3.05, 3.63) is 48.0 Å². The van der Waals surface area contributed by atoms with Gasteiger partial charge in [0, 0.05) is 12.1 Å². The molecule has 1 aromatic carbocycles. The van der Waals surface area contributed by atoms with Crippen molar-refractivity contribution in [2.75, 3.05) is 11.9 Å². The predicted octanol–water partition coefficient (Wildman–Crippen LogP) is 0.252. The molecule has 0 amide bonds. The van der Waals surface area contributed by atoms with Crippen LogP contribution < -0.4 is 5.32 Å². The highest BCUT2D eigenvalue weighted by Crippen LogP contribution is 2.32. The van der Waals surface area contributed by atoms with E-state index in [2.05, 4.69) is 20.3 Å². The average Bonchev–Trinajstić information content (AvgIpc) is 3.28. The molecule has 3 heterocycles. The Morgan fingerprint density at radius 3 is 2.79 bits per heavy atom. The third-order valence-electron chi connectivity index (χ3n) is 4.94. The second-order valence-electron chi connectivity index (χ2n) is 6.89. The summed E-state index contributed by atoms with van der Waals surface area (Å²) in [6.07, 6.45) is -1.46. The normalized spacial score (nSPS) is 24.1. The van der Waals surface area contributed by atoms with E-state index in [4.69, 9.17) is 4.74 Å². The van der Waals surface area contributed by atoms with Gasteiger partial charge in [-0.25, -0.2) is 15.0 Å². The van der Waals surface area contributed by atoms with Crippen LogP contribution in [0.5, 0.6) is 0 Å². The Kier molecular flexibility index (Phi) is 5.24. The zero-order valence-corrected chi connectivity index (χ0v) is 15.6. The first-order valence-corrected chi connectivity index (χ1v) is 9.13. The summed E-state index contributed by atoms with van der Waals surface area (Å²) in [6.45, 7) is 1.53. The molecule has 10 nitrogen and oxygen atoms in total. The van der Waals surface area contributed by atoms with E-state index in [1.165, 1.54) is 24.1 Å². The minimum Gasteiger partial charge on any atom is -0.394 e. The second kappa shape index (κ2) is 7.84. The number of carbonyl (C=O) groups is 1. The number of rotatable bonds is 6. The minimum absolute atomic E-state index is 0.00601. The number of carbonyl (C=O) groups excluding carboxylic acids is 1. The lowest BCUT2D eigenvalue weighted by molar-refractivity contribution is -0.0511. The van der Waals surface area contributed by atoms with E-state index in [1.807, 2.05) is 18.2 Å². The molecule has 0 saturated carbocycles. The summed E-state index contributed by atoms with van der Waals surface area (Å²) in [5.41, 5.74) is 2.42. The van der Waals surface area contributed by atoms with Gasteiger partial charge in [0.15, 0.2) is 29.0 Å². The largest absolute Gasteiger partial charge is 0.394 e. The number of nitrogens with zero attached hydrogens (tertiary/aromatic N) is 4. The van der Waals surface area contributed by atoms with Crippen LogP contribution in [0.25, 0.3) is 11.2 Å². The van der Waals surface area contributed by atoms with Crippen LogP contribution in [0.3, 0.4) is 0 Å². The Hall–Kier alpha value is -2.92. The molecule has 1 aliphatic heterocycles. The van der Waals surface area contributed by atoms with Crippen molar-refractivity contribution >= 4 is 22.8 Å². The average molecular weight is 399 g/mol. The first kappa shape index (κ1) is 19.4. The minimum atomic E-state index is -1.23. The molecule has 10 heteroatoms. The van der Waals surface area contributed by atoms with Crippen molar-refractivity contribution in [2.24, 2.45) is 0 Å². The molecule has 0 bridgehead atoms. The molecule has 1 saturated heterocycles. The van der Waals surface area contributed by atoms with Gasteiger partial charge in [0.05, 0.1) is 12.9 Å². The van der Waals surface area contributed by atoms with Crippen LogP contribution in [0.15, 0.2) is 36.9 Å². The Bertz CT molecular complexity index is 1040. The first-order valence-electron chi connectivity index (χ1n) is 9.13. The predicted molar refractivity (Wildman–Crippen MR) is 102 cm³/mol. The van der Waals surface area contributed by atoms with Crippen molar-refractivity contribution < 1.29 is 24.9 Å². The van der Waals surface area contributed by atoms with Crippen molar-refractivity contribution in [3.63, 3.8) is 0 Å². The smallest absolute Gasteiger partial charge is 0.167 e. The number of Topliss-reactive ketones (excluding diaryl/α,β-unsaturated/α-hetero) is 1. The molecule has 1 unspecified atom stereocenters. The van der Waals surface area contributed by atoms with E-state index in [0.717, 1.165) is 5.56 Å². The van der Waals surface area contributed by atoms with Gasteiger partial charge in [0.25, 0.3) is 0 Å². The quantitative estimate of drug-likeness (QED) is 0.429. The van der Waals surface area contributed by atoms with Gasteiger partial charge in [0.1, 0.15) is 24.6 Å². The van der Waals surface area contributed by atoms with Crippen LogP contribution in [0.2, 0.25) is 0 Å². The third-order valence-corrected chi connectivity index (χ3v) is 4.94. The SMILES string of the molecule is CC(=O)c1cccc(CNc2ncnc3c2ncn3C2O[C@H](CO)[C@@H](O)[C@H]2O)c1. The summed E-state index contributed by atoms with van der Waals surface area (Å²) in [4.78, 5) is 24.3. The lowest BCUT2D eigenvalue weighted by Crippen LogP contribution is -2.33. The summed E-state index contributed by atoms with van der Waals surface area (Å²) < 4.78 is 7.05. The number of aliphatic hydroxyl groups is 3. The fourth-order valence-electron chi connectivity index (χ4n) is 3.36. The van der Waals surface area contributed by atoms with Gasteiger partial charge in [-0.2, -0.15) is 0 Å². The van der Waals surface area contributed by atoms with E-state index in [-0.39, 0.29) is 5.78 Å². The number of fused-ring (bicyclic) bond motifs is 1. The van der Waals surface area contributed by atoms with E-state index in [9.17, 15) is 20.1 Å². The molecule has 1 aliphatic rings. The number of anilines is 1. The van der Waals surface area contributed by atoms with Crippen LogP contribution in [-0.4, -0.2) is 65.5 Å². The Morgan fingerprint density at radius 2 is 2.07 bits per heavy atom. The van der Waals surface area contributed by atoms with Crippen molar-refractivity contribution in [1.29, 1.82) is 0 Å². The molecule has 0 spiro atoms. The number of imidazole rings is 1. The van der Waals surface area contributed by atoms with E-state index in [1.54, 1.807) is 6.07 Å². The zero-order valence-electron chi connectivity index (χ0n) is 15.6. The molecule has 2 aromatic heterocycles. The monoisotopic (exact) mass is 399 g/mol. The molecular formula is C19H21N5O5. The second-order valence-corrected chi connectivity index (χ2v) is 6.89. The van der Waals surface area contributed by atoms with Crippen molar-refractivity contribution in [1.82, 2.24) is 19.5 Å². The van der Waals surface area contributed by atoms with Gasteiger partial charge in [-0.05, 0) is 18.6 Å². The molecule has 152 valence electrons. The number of ketones is 1. The molecule has 4 atom stereocenters. The summed E-state index contributed by atoms with van der Waals surface area (Å²) >= 11 is 0. The summed E-state index contributed by atoms with van der Waals surface area (Å²) in [5, 5.41) is 32.7.